The number of aromatic nitrogens is 1. The van der Waals surface area contributed by atoms with Gasteiger partial charge in [-0.25, -0.2) is 4.98 Å². The summed E-state index contributed by atoms with van der Waals surface area (Å²) in [4.78, 5) is 19.6. The number of nitrogens with one attached hydrogen (secondary N) is 1. The Hall–Kier alpha value is -2.44. The summed E-state index contributed by atoms with van der Waals surface area (Å²) in [6.45, 7) is 7.65. The first kappa shape index (κ1) is 23.7. The monoisotopic (exact) mass is 451 g/mol. The van der Waals surface area contributed by atoms with Crippen LogP contribution in [-0.2, 0) is 22.4 Å². The van der Waals surface area contributed by atoms with E-state index in [0.29, 0.717) is 6.61 Å². The van der Waals surface area contributed by atoms with Gasteiger partial charge in [0, 0.05) is 37.5 Å². The number of nitrogens with zero attached hydrogens (tertiary/aromatic N) is 2. The summed E-state index contributed by atoms with van der Waals surface area (Å²) in [6.07, 6.45) is 6.53. The molecule has 2 aliphatic heterocycles. The van der Waals surface area contributed by atoms with E-state index in [0.717, 1.165) is 81.2 Å². The summed E-state index contributed by atoms with van der Waals surface area (Å²) in [5, 5.41) is 3.41. The van der Waals surface area contributed by atoms with Gasteiger partial charge in [-0.15, -0.1) is 0 Å². The van der Waals surface area contributed by atoms with Gasteiger partial charge in [-0.05, 0) is 70.1 Å². The first-order valence-corrected chi connectivity index (χ1v) is 12.5. The highest BCUT2D eigenvalue weighted by atomic mass is 16.5. The van der Waals surface area contributed by atoms with Crippen LogP contribution in [0.4, 0.5) is 5.82 Å². The van der Waals surface area contributed by atoms with Gasteiger partial charge in [-0.2, -0.15) is 0 Å². The minimum atomic E-state index is -0.273. The Bertz CT molecular complexity index is 933. The van der Waals surface area contributed by atoms with Crippen LogP contribution in [0.25, 0.3) is 0 Å². The topological polar surface area (TPSA) is 63.7 Å². The third-order valence-corrected chi connectivity index (χ3v) is 6.57. The molecule has 0 radical (unpaired) electrons. The predicted octanol–water partition coefficient (Wildman–Crippen LogP) is 4.58. The summed E-state index contributed by atoms with van der Waals surface area (Å²) in [7, 11) is 0. The Morgan fingerprint density at radius 2 is 2.12 bits per heavy atom. The Kier molecular flexibility index (Phi) is 8.35. The number of ether oxygens (including phenoxy) is 2. The normalized spacial score (nSPS) is 19.0. The molecule has 178 valence electrons. The molecule has 0 aliphatic carbocycles. The van der Waals surface area contributed by atoms with Crippen molar-refractivity contribution in [1.82, 2.24) is 9.88 Å². The maximum Gasteiger partial charge on any atom is 0.151 e. The van der Waals surface area contributed by atoms with Gasteiger partial charge in [0.1, 0.15) is 11.6 Å². The van der Waals surface area contributed by atoms with E-state index < -0.39 is 0 Å². The minimum Gasteiger partial charge on any atom is -0.494 e. The van der Waals surface area contributed by atoms with E-state index in [1.807, 2.05) is 31.2 Å². The van der Waals surface area contributed by atoms with E-state index in [9.17, 15) is 4.79 Å². The summed E-state index contributed by atoms with van der Waals surface area (Å²) in [6, 6.07) is 12.0. The maximum absolute atomic E-state index is 12.6. The van der Waals surface area contributed by atoms with Crippen molar-refractivity contribution >= 4 is 11.6 Å². The molecule has 1 unspecified atom stereocenters. The number of carbonyl (C=O) groups is 1. The third-order valence-electron chi connectivity index (χ3n) is 6.57. The number of likely N-dealkylation sites (tertiary alicyclic amines) is 1. The van der Waals surface area contributed by atoms with Gasteiger partial charge < -0.3 is 14.8 Å². The first-order chi connectivity index (χ1) is 16.2. The van der Waals surface area contributed by atoms with Gasteiger partial charge in [-0.1, -0.05) is 24.3 Å². The highest BCUT2D eigenvalue weighted by Gasteiger charge is 2.33. The highest BCUT2D eigenvalue weighted by molar-refractivity contribution is 5.83. The van der Waals surface area contributed by atoms with Gasteiger partial charge in [0.15, 0.2) is 5.78 Å². The van der Waals surface area contributed by atoms with E-state index in [4.69, 9.17) is 14.5 Å². The second-order valence-corrected chi connectivity index (χ2v) is 9.06. The molecular weight excluding hydrogens is 414 g/mol. The second kappa shape index (κ2) is 11.6. The number of Topliss-reactive ketones (excluding diaryl/α,β-unsaturated/α-hetero) is 1. The number of ketones is 1. The van der Waals surface area contributed by atoms with Crippen LogP contribution in [0.15, 0.2) is 36.4 Å². The quantitative estimate of drug-likeness (QED) is 0.505. The first-order valence-electron chi connectivity index (χ1n) is 12.5. The number of pyridine rings is 1. The molecule has 2 atom stereocenters. The number of fused-ring (bicyclic) bond motifs is 1. The molecule has 0 bridgehead atoms. The summed E-state index contributed by atoms with van der Waals surface area (Å²) in [5.74, 6) is 2.03. The predicted molar refractivity (Wildman–Crippen MR) is 131 cm³/mol. The number of anilines is 1. The molecule has 2 aromatic rings. The molecule has 1 aromatic heterocycles. The highest BCUT2D eigenvalue weighted by Crippen LogP contribution is 2.33. The molecule has 2 aliphatic rings. The van der Waals surface area contributed by atoms with Crippen molar-refractivity contribution in [3.05, 3.63) is 53.2 Å². The molecule has 4 rings (SSSR count). The number of hydrogen-bond acceptors (Lipinski definition) is 6. The van der Waals surface area contributed by atoms with Crippen molar-refractivity contribution in [3.8, 4) is 5.75 Å². The van der Waals surface area contributed by atoms with Crippen LogP contribution in [-0.4, -0.2) is 54.6 Å². The molecule has 33 heavy (non-hydrogen) atoms. The Balaban J connectivity index is 1.23. The Morgan fingerprint density at radius 1 is 1.24 bits per heavy atom. The molecular formula is C27H37N3O3. The van der Waals surface area contributed by atoms with Crippen LogP contribution >= 0.6 is 0 Å². The smallest absolute Gasteiger partial charge is 0.151 e. The minimum absolute atomic E-state index is 0.148. The van der Waals surface area contributed by atoms with Gasteiger partial charge in [-0.3, -0.25) is 9.69 Å². The fraction of sp³-hybridized carbons (Fsp3) is 0.556. The van der Waals surface area contributed by atoms with Crippen LogP contribution in [0, 0.1) is 0 Å². The lowest BCUT2D eigenvalue weighted by Crippen LogP contribution is -2.32. The molecule has 6 heteroatoms. The number of para-hydroxylation sites is 1. The van der Waals surface area contributed by atoms with Crippen molar-refractivity contribution in [2.45, 2.75) is 64.5 Å². The zero-order chi connectivity index (χ0) is 23.0. The van der Waals surface area contributed by atoms with E-state index in [1.165, 1.54) is 12.0 Å². The number of benzene rings is 1. The van der Waals surface area contributed by atoms with Gasteiger partial charge >= 0.3 is 0 Å². The fourth-order valence-corrected chi connectivity index (χ4v) is 4.96. The third kappa shape index (κ3) is 6.12. The van der Waals surface area contributed by atoms with Crippen molar-refractivity contribution in [2.75, 3.05) is 38.2 Å². The molecule has 0 amide bonds. The van der Waals surface area contributed by atoms with E-state index >= 15 is 0 Å². The zero-order valence-corrected chi connectivity index (χ0v) is 20.0. The molecule has 1 aromatic carbocycles. The molecule has 3 heterocycles. The van der Waals surface area contributed by atoms with Crippen LogP contribution in [0.2, 0.25) is 0 Å². The lowest BCUT2D eigenvalue weighted by Gasteiger charge is -2.27. The van der Waals surface area contributed by atoms with Crippen LogP contribution in [0.3, 0.4) is 0 Å². The lowest BCUT2D eigenvalue weighted by molar-refractivity contribution is -0.122. The average Bonchev–Trinajstić information content (AvgIpc) is 3.28. The molecule has 0 spiro atoms. The SMILES string of the molecule is CCOc1ccccc1C(C(C)=O)N1CC[C@@H](OCCCCc2ccc3c(n2)NCCC3)C1. The second-order valence-electron chi connectivity index (χ2n) is 9.06. The maximum atomic E-state index is 12.6. The van der Waals surface area contributed by atoms with Crippen LogP contribution in [0.5, 0.6) is 5.75 Å². The number of unbranched alkanes of at least 4 members (excludes halogenated alkanes) is 1. The number of aryl methyl sites for hydroxylation is 2. The Morgan fingerprint density at radius 3 is 2.97 bits per heavy atom. The van der Waals surface area contributed by atoms with Crippen molar-refractivity contribution < 1.29 is 14.3 Å². The standard InChI is InChI=1S/C27H37N3O3/c1-3-32-25-12-5-4-11-24(25)26(20(2)31)30-17-15-23(19-30)33-18-7-6-10-22-14-13-21-9-8-16-28-27(21)29-22/h4-5,11-14,23,26H,3,6-10,15-19H2,1-2H3,(H,28,29)/t23-,26?/m1/s1. The van der Waals surface area contributed by atoms with Crippen LogP contribution in [0.1, 0.15) is 62.4 Å². The van der Waals surface area contributed by atoms with E-state index in [-0.39, 0.29) is 17.9 Å². The molecule has 1 N–H and O–H groups in total. The van der Waals surface area contributed by atoms with E-state index in [1.54, 1.807) is 6.92 Å². The number of hydrogen-bond donors (Lipinski definition) is 1. The molecule has 6 nitrogen and oxygen atoms in total. The number of rotatable bonds is 11. The van der Waals surface area contributed by atoms with Crippen LogP contribution < -0.4 is 10.1 Å². The lowest BCUT2D eigenvalue weighted by atomic mass is 10.0. The van der Waals surface area contributed by atoms with E-state index in [2.05, 4.69) is 22.3 Å². The summed E-state index contributed by atoms with van der Waals surface area (Å²) < 4.78 is 12.0. The van der Waals surface area contributed by atoms with Crippen molar-refractivity contribution in [1.29, 1.82) is 0 Å². The molecule has 0 saturated carbocycles. The van der Waals surface area contributed by atoms with Gasteiger partial charge in [0.05, 0.1) is 18.8 Å². The number of carbonyl (C=O) groups excluding carboxylic acids is 1. The van der Waals surface area contributed by atoms with Crippen molar-refractivity contribution in [3.63, 3.8) is 0 Å². The Labute approximate surface area is 197 Å². The zero-order valence-electron chi connectivity index (χ0n) is 20.0. The van der Waals surface area contributed by atoms with Gasteiger partial charge in [0.2, 0.25) is 0 Å². The average molecular weight is 452 g/mol. The summed E-state index contributed by atoms with van der Waals surface area (Å²) >= 11 is 0. The van der Waals surface area contributed by atoms with Crippen molar-refractivity contribution in [2.24, 2.45) is 0 Å². The molecule has 1 fully saturated rings. The van der Waals surface area contributed by atoms with Gasteiger partial charge in [0.25, 0.3) is 0 Å². The molecule has 1 saturated heterocycles. The largest absolute Gasteiger partial charge is 0.494 e. The summed E-state index contributed by atoms with van der Waals surface area (Å²) in [5.41, 5.74) is 3.46. The fourth-order valence-electron chi connectivity index (χ4n) is 4.96.